The number of nitrogens with zero attached hydrogens (tertiary/aromatic N) is 2. The molecule has 0 saturated carbocycles. The van der Waals surface area contributed by atoms with Gasteiger partial charge in [0.2, 0.25) is 5.89 Å². The summed E-state index contributed by atoms with van der Waals surface area (Å²) in [6.07, 6.45) is 0. The lowest BCUT2D eigenvalue weighted by molar-refractivity contribution is 0.335. The van der Waals surface area contributed by atoms with Crippen molar-refractivity contribution in [3.05, 3.63) is 11.7 Å². The zero-order chi connectivity index (χ0) is 10.1. The van der Waals surface area contributed by atoms with Crippen LogP contribution >= 0.6 is 12.4 Å². The highest BCUT2D eigenvalue weighted by Crippen LogP contribution is 2.26. The quantitative estimate of drug-likeness (QED) is 0.790. The molecule has 1 unspecified atom stereocenters. The van der Waals surface area contributed by atoms with Crippen LogP contribution in [0.5, 0.6) is 0 Å². The van der Waals surface area contributed by atoms with Crippen LogP contribution in [-0.2, 0) is 0 Å². The van der Waals surface area contributed by atoms with Gasteiger partial charge in [-0.15, -0.1) is 12.4 Å². The first-order valence-corrected chi connectivity index (χ1v) is 4.98. The Labute approximate surface area is 95.2 Å². The van der Waals surface area contributed by atoms with Gasteiger partial charge in [0.25, 0.3) is 0 Å². The third-order valence-corrected chi connectivity index (χ3v) is 2.70. The molecule has 6 heteroatoms. The van der Waals surface area contributed by atoms with Gasteiger partial charge in [-0.25, -0.2) is 0 Å². The minimum absolute atomic E-state index is 0. The first kappa shape index (κ1) is 12.4. The number of nitrogens with two attached hydrogens (primary N) is 1. The fourth-order valence-corrected chi connectivity index (χ4v) is 1.72. The average molecular weight is 233 g/mol. The van der Waals surface area contributed by atoms with Crippen molar-refractivity contribution >= 4 is 12.4 Å². The molecule has 0 amide bonds. The summed E-state index contributed by atoms with van der Waals surface area (Å²) in [5.41, 5.74) is 5.66. The van der Waals surface area contributed by atoms with Crippen molar-refractivity contribution in [3.63, 3.8) is 0 Å². The zero-order valence-corrected chi connectivity index (χ0v) is 9.75. The molecule has 3 N–H and O–H groups in total. The average Bonchev–Trinajstić information content (AvgIpc) is 2.71. The first-order chi connectivity index (χ1) is 6.68. The summed E-state index contributed by atoms with van der Waals surface area (Å²) in [7, 11) is 0. The minimum atomic E-state index is -0.155. The van der Waals surface area contributed by atoms with Crippen molar-refractivity contribution < 1.29 is 4.52 Å². The SMILES string of the molecule is CC(N)c1noc([C@@H]2CNC[C@H]2C)n1.Cl. The number of hydrogen-bond acceptors (Lipinski definition) is 5. The molecule has 1 saturated heterocycles. The summed E-state index contributed by atoms with van der Waals surface area (Å²) in [6.45, 7) is 5.97. The molecule has 0 bridgehead atoms. The second-order valence-corrected chi connectivity index (χ2v) is 4.02. The lowest BCUT2D eigenvalue weighted by Gasteiger charge is -2.07. The number of aromatic nitrogens is 2. The van der Waals surface area contributed by atoms with Gasteiger partial charge < -0.3 is 15.6 Å². The molecule has 0 radical (unpaired) electrons. The Balaban J connectivity index is 0.00000112. The molecule has 86 valence electrons. The van der Waals surface area contributed by atoms with Gasteiger partial charge in [0.1, 0.15) is 0 Å². The van der Waals surface area contributed by atoms with E-state index in [2.05, 4.69) is 22.4 Å². The van der Waals surface area contributed by atoms with Gasteiger partial charge in [-0.2, -0.15) is 4.98 Å². The van der Waals surface area contributed by atoms with E-state index < -0.39 is 0 Å². The fourth-order valence-electron chi connectivity index (χ4n) is 1.72. The maximum Gasteiger partial charge on any atom is 0.231 e. The van der Waals surface area contributed by atoms with E-state index >= 15 is 0 Å². The third-order valence-electron chi connectivity index (χ3n) is 2.70. The molecule has 0 aliphatic carbocycles. The normalized spacial score (nSPS) is 27.4. The Morgan fingerprint density at radius 2 is 2.27 bits per heavy atom. The monoisotopic (exact) mass is 232 g/mol. The van der Waals surface area contributed by atoms with Crippen LogP contribution in [0.1, 0.15) is 37.5 Å². The van der Waals surface area contributed by atoms with Crippen LogP contribution in [0.2, 0.25) is 0 Å². The maximum absolute atomic E-state index is 5.66. The highest BCUT2D eigenvalue weighted by Gasteiger charge is 2.29. The Kier molecular flexibility index (Phi) is 4.07. The van der Waals surface area contributed by atoms with E-state index in [-0.39, 0.29) is 18.4 Å². The van der Waals surface area contributed by atoms with Gasteiger partial charge in [-0.1, -0.05) is 12.1 Å². The number of halogens is 1. The fraction of sp³-hybridized carbons (Fsp3) is 0.778. The minimum Gasteiger partial charge on any atom is -0.339 e. The molecule has 1 aromatic heterocycles. The third kappa shape index (κ3) is 2.48. The smallest absolute Gasteiger partial charge is 0.231 e. The molecule has 1 fully saturated rings. The lowest BCUT2D eigenvalue weighted by atomic mass is 9.98. The molecule has 1 aliphatic heterocycles. The highest BCUT2D eigenvalue weighted by atomic mass is 35.5. The Morgan fingerprint density at radius 1 is 1.53 bits per heavy atom. The Bertz CT molecular complexity index is 315. The Morgan fingerprint density at radius 3 is 2.73 bits per heavy atom. The molecular weight excluding hydrogens is 216 g/mol. The van der Waals surface area contributed by atoms with Crippen LogP contribution in [0.3, 0.4) is 0 Å². The molecule has 2 rings (SSSR count). The van der Waals surface area contributed by atoms with E-state index in [0.29, 0.717) is 17.7 Å². The largest absolute Gasteiger partial charge is 0.339 e. The van der Waals surface area contributed by atoms with E-state index in [0.717, 1.165) is 19.0 Å². The number of hydrogen-bond donors (Lipinski definition) is 2. The molecule has 1 aliphatic rings. The van der Waals surface area contributed by atoms with E-state index in [1.807, 2.05) is 6.92 Å². The van der Waals surface area contributed by atoms with Crippen LogP contribution in [0, 0.1) is 5.92 Å². The topological polar surface area (TPSA) is 77.0 Å². The van der Waals surface area contributed by atoms with Crippen molar-refractivity contribution in [1.82, 2.24) is 15.5 Å². The van der Waals surface area contributed by atoms with Gasteiger partial charge in [0.15, 0.2) is 5.82 Å². The predicted molar refractivity (Wildman–Crippen MR) is 58.9 cm³/mol. The van der Waals surface area contributed by atoms with Crippen molar-refractivity contribution in [2.75, 3.05) is 13.1 Å². The Hall–Kier alpha value is -0.650. The molecule has 1 aromatic rings. The van der Waals surface area contributed by atoms with Gasteiger partial charge in [0, 0.05) is 6.54 Å². The molecule has 2 heterocycles. The summed E-state index contributed by atoms with van der Waals surface area (Å²) in [5.74, 6) is 2.21. The number of rotatable bonds is 2. The van der Waals surface area contributed by atoms with Crippen molar-refractivity contribution in [1.29, 1.82) is 0 Å². The van der Waals surface area contributed by atoms with Crippen molar-refractivity contribution in [3.8, 4) is 0 Å². The maximum atomic E-state index is 5.66. The zero-order valence-electron chi connectivity index (χ0n) is 8.93. The van der Waals surface area contributed by atoms with E-state index in [4.69, 9.17) is 10.3 Å². The summed E-state index contributed by atoms with van der Waals surface area (Å²) in [6, 6.07) is -0.155. The highest BCUT2D eigenvalue weighted by molar-refractivity contribution is 5.85. The van der Waals surface area contributed by atoms with E-state index in [9.17, 15) is 0 Å². The molecule has 0 aromatic carbocycles. The summed E-state index contributed by atoms with van der Waals surface area (Å²) >= 11 is 0. The predicted octanol–water partition coefficient (Wildman–Crippen LogP) is 0.834. The summed E-state index contributed by atoms with van der Waals surface area (Å²) in [4.78, 5) is 4.30. The molecule has 5 nitrogen and oxygen atoms in total. The lowest BCUT2D eigenvalue weighted by Crippen LogP contribution is -2.10. The second kappa shape index (κ2) is 4.92. The van der Waals surface area contributed by atoms with Crippen LogP contribution < -0.4 is 11.1 Å². The van der Waals surface area contributed by atoms with Gasteiger partial charge in [0.05, 0.1) is 12.0 Å². The van der Waals surface area contributed by atoms with Crippen molar-refractivity contribution in [2.45, 2.75) is 25.8 Å². The van der Waals surface area contributed by atoms with Crippen LogP contribution in [0.15, 0.2) is 4.52 Å². The van der Waals surface area contributed by atoms with E-state index in [1.54, 1.807) is 0 Å². The van der Waals surface area contributed by atoms with Crippen LogP contribution in [-0.4, -0.2) is 23.2 Å². The van der Waals surface area contributed by atoms with Gasteiger partial charge in [-0.3, -0.25) is 0 Å². The number of nitrogens with one attached hydrogen (secondary N) is 1. The summed E-state index contributed by atoms with van der Waals surface area (Å²) < 4.78 is 5.20. The van der Waals surface area contributed by atoms with Crippen LogP contribution in [0.25, 0.3) is 0 Å². The van der Waals surface area contributed by atoms with Crippen LogP contribution in [0.4, 0.5) is 0 Å². The van der Waals surface area contributed by atoms with E-state index in [1.165, 1.54) is 0 Å². The second-order valence-electron chi connectivity index (χ2n) is 4.02. The standard InChI is InChI=1S/C9H16N4O.ClH/c1-5-3-11-4-7(5)9-12-8(6(2)10)13-14-9;/h5-7,11H,3-4,10H2,1-2H3;1H/t5-,6?,7-;/m1./s1. The first-order valence-electron chi connectivity index (χ1n) is 4.98. The molecule has 15 heavy (non-hydrogen) atoms. The molecule has 3 atom stereocenters. The molecule has 0 spiro atoms. The summed E-state index contributed by atoms with van der Waals surface area (Å²) in [5, 5.41) is 7.16. The molecular formula is C9H17ClN4O. The van der Waals surface area contributed by atoms with Gasteiger partial charge in [-0.05, 0) is 19.4 Å². The van der Waals surface area contributed by atoms with Crippen molar-refractivity contribution in [2.24, 2.45) is 11.7 Å². The van der Waals surface area contributed by atoms with Gasteiger partial charge >= 0.3 is 0 Å².